The van der Waals surface area contributed by atoms with Gasteiger partial charge in [-0.3, -0.25) is 14.6 Å². The third kappa shape index (κ3) is 5.88. The lowest BCUT2D eigenvalue weighted by Crippen LogP contribution is -2.11. The molecule has 0 saturated heterocycles. The van der Waals surface area contributed by atoms with Crippen molar-refractivity contribution in [1.82, 2.24) is 4.98 Å². The number of halogens is 2. The summed E-state index contributed by atoms with van der Waals surface area (Å²) in [6, 6.07) is 5.85. The third-order valence-corrected chi connectivity index (χ3v) is 3.37. The van der Waals surface area contributed by atoms with Crippen molar-refractivity contribution in [2.45, 2.75) is 20.5 Å². The number of anilines is 1. The van der Waals surface area contributed by atoms with Crippen LogP contribution in [0.3, 0.4) is 0 Å². The Labute approximate surface area is 154 Å². The molecular weight excluding hydrogens is 358 g/mol. The van der Waals surface area contributed by atoms with Crippen LogP contribution in [-0.2, 0) is 4.79 Å². The van der Waals surface area contributed by atoms with Crippen LogP contribution in [0.1, 0.15) is 29.8 Å². The molecule has 1 aromatic heterocycles. The summed E-state index contributed by atoms with van der Waals surface area (Å²) < 4.78 is 34.5. The van der Waals surface area contributed by atoms with Crippen LogP contribution >= 0.6 is 0 Å². The average molecular weight is 376 g/mol. The largest absolute Gasteiger partial charge is 0.490 e. The molecule has 2 aromatic rings. The van der Waals surface area contributed by atoms with Crippen molar-refractivity contribution in [2.75, 3.05) is 11.9 Å². The number of amides is 1. The minimum absolute atomic E-state index is 0.0867. The second-order valence-corrected chi connectivity index (χ2v) is 5.32. The molecule has 1 N–H and O–H groups in total. The minimum Gasteiger partial charge on any atom is -0.490 e. The van der Waals surface area contributed by atoms with Crippen molar-refractivity contribution in [3.63, 3.8) is 0 Å². The Morgan fingerprint density at radius 2 is 2.04 bits per heavy atom. The van der Waals surface area contributed by atoms with Crippen LogP contribution < -0.4 is 14.8 Å². The summed E-state index contributed by atoms with van der Waals surface area (Å²) in [7, 11) is 0. The number of carbonyl (C=O) groups excluding carboxylic acids is 2. The number of ketones is 1. The zero-order chi connectivity index (χ0) is 19.8. The van der Waals surface area contributed by atoms with Gasteiger partial charge in [0, 0.05) is 18.5 Å². The lowest BCUT2D eigenvalue weighted by Gasteiger charge is -2.11. The highest BCUT2D eigenvalue weighted by Crippen LogP contribution is 2.30. The predicted octanol–water partition coefficient (Wildman–Crippen LogP) is 3.94. The number of ether oxygens (including phenoxy) is 2. The fourth-order valence-electron chi connectivity index (χ4n) is 2.22. The molecule has 0 fully saturated rings. The number of pyridine rings is 1. The number of alkyl halides is 2. The van der Waals surface area contributed by atoms with E-state index in [2.05, 4.69) is 15.0 Å². The fourth-order valence-corrected chi connectivity index (χ4v) is 2.22. The monoisotopic (exact) mass is 376 g/mol. The van der Waals surface area contributed by atoms with Crippen LogP contribution in [0, 0.1) is 0 Å². The molecule has 0 unspecified atom stereocenters. The number of hydrogen-bond donors (Lipinski definition) is 1. The molecule has 6 nitrogen and oxygen atoms in total. The highest BCUT2D eigenvalue weighted by Gasteiger charge is 2.11. The standard InChI is InChI=1S/C19H18F2N2O4/c1-3-26-17-10-13(4-6-16(17)27-19(20)21)5-7-18(25)23-15-8-9-22-11-14(15)12(2)24/h4-11,19H,3H2,1-2H3,(H,22,23,25)/b7-5+. The summed E-state index contributed by atoms with van der Waals surface area (Å²) in [5.74, 6) is -0.627. The van der Waals surface area contributed by atoms with E-state index in [1.807, 2.05) is 0 Å². The molecule has 0 aliphatic heterocycles. The Balaban J connectivity index is 2.14. The number of Topliss-reactive ketones (excluding diaryl/α,β-unsaturated/α-hetero) is 1. The zero-order valence-electron chi connectivity index (χ0n) is 14.7. The highest BCUT2D eigenvalue weighted by molar-refractivity contribution is 6.07. The van der Waals surface area contributed by atoms with Gasteiger partial charge in [-0.05, 0) is 43.7 Å². The van der Waals surface area contributed by atoms with E-state index in [9.17, 15) is 18.4 Å². The smallest absolute Gasteiger partial charge is 0.387 e. The van der Waals surface area contributed by atoms with Gasteiger partial charge in [0.1, 0.15) is 0 Å². The fraction of sp³-hybridized carbons (Fsp3) is 0.211. The van der Waals surface area contributed by atoms with Crippen molar-refractivity contribution in [1.29, 1.82) is 0 Å². The molecule has 142 valence electrons. The van der Waals surface area contributed by atoms with Gasteiger partial charge < -0.3 is 14.8 Å². The van der Waals surface area contributed by atoms with Gasteiger partial charge in [-0.1, -0.05) is 6.07 Å². The van der Waals surface area contributed by atoms with E-state index < -0.39 is 12.5 Å². The van der Waals surface area contributed by atoms with Crippen LogP contribution in [0.4, 0.5) is 14.5 Å². The third-order valence-electron chi connectivity index (χ3n) is 3.37. The van der Waals surface area contributed by atoms with Gasteiger partial charge in [0.25, 0.3) is 0 Å². The maximum absolute atomic E-state index is 12.4. The number of hydrogen-bond acceptors (Lipinski definition) is 5. The number of aromatic nitrogens is 1. The maximum atomic E-state index is 12.4. The number of carbonyl (C=O) groups is 2. The van der Waals surface area contributed by atoms with Gasteiger partial charge in [-0.25, -0.2) is 0 Å². The first kappa shape index (κ1) is 20.0. The lowest BCUT2D eigenvalue weighted by atomic mass is 10.1. The number of rotatable bonds is 8. The Morgan fingerprint density at radius 3 is 2.70 bits per heavy atom. The summed E-state index contributed by atoms with van der Waals surface area (Å²) in [4.78, 5) is 27.5. The van der Waals surface area contributed by atoms with Gasteiger partial charge in [0.05, 0.1) is 17.9 Å². The molecule has 1 aromatic carbocycles. The van der Waals surface area contributed by atoms with Gasteiger partial charge in [-0.15, -0.1) is 0 Å². The molecule has 1 heterocycles. The highest BCUT2D eigenvalue weighted by atomic mass is 19.3. The van der Waals surface area contributed by atoms with Crippen LogP contribution in [0.5, 0.6) is 11.5 Å². The van der Waals surface area contributed by atoms with Gasteiger partial charge in [-0.2, -0.15) is 8.78 Å². The van der Waals surface area contributed by atoms with E-state index in [1.54, 1.807) is 6.92 Å². The molecule has 27 heavy (non-hydrogen) atoms. The quantitative estimate of drug-likeness (QED) is 0.558. The summed E-state index contributed by atoms with van der Waals surface area (Å²) in [5, 5.41) is 2.60. The van der Waals surface area contributed by atoms with E-state index in [0.29, 0.717) is 16.8 Å². The summed E-state index contributed by atoms with van der Waals surface area (Å²) in [5.41, 5.74) is 1.20. The predicted molar refractivity (Wildman–Crippen MR) is 96.1 cm³/mol. The molecule has 0 saturated carbocycles. The molecule has 0 atom stereocenters. The van der Waals surface area contributed by atoms with Crippen LogP contribution in [0.25, 0.3) is 6.08 Å². The first-order valence-electron chi connectivity index (χ1n) is 8.06. The SMILES string of the molecule is CCOc1cc(/C=C/C(=O)Nc2ccncc2C(C)=O)ccc1OC(F)F. The van der Waals surface area contributed by atoms with Gasteiger partial charge >= 0.3 is 6.61 Å². The Bertz CT molecular complexity index is 853. The first-order chi connectivity index (χ1) is 12.9. The number of nitrogens with one attached hydrogen (secondary N) is 1. The molecule has 8 heteroatoms. The zero-order valence-corrected chi connectivity index (χ0v) is 14.7. The Kier molecular flexibility index (Phi) is 6.99. The number of benzene rings is 1. The molecule has 0 radical (unpaired) electrons. The van der Waals surface area contributed by atoms with Crippen molar-refractivity contribution >= 4 is 23.5 Å². The van der Waals surface area contributed by atoms with E-state index in [1.165, 1.54) is 55.7 Å². The molecule has 2 rings (SSSR count). The molecule has 0 bridgehead atoms. The van der Waals surface area contributed by atoms with Crippen LogP contribution in [0.2, 0.25) is 0 Å². The van der Waals surface area contributed by atoms with E-state index in [-0.39, 0.29) is 23.9 Å². The van der Waals surface area contributed by atoms with Crippen LogP contribution in [-0.4, -0.2) is 29.9 Å². The molecule has 0 aliphatic rings. The summed E-state index contributed by atoms with van der Waals surface area (Å²) >= 11 is 0. The van der Waals surface area contributed by atoms with Gasteiger partial charge in [0.15, 0.2) is 17.3 Å². The van der Waals surface area contributed by atoms with E-state index in [4.69, 9.17) is 4.74 Å². The van der Waals surface area contributed by atoms with E-state index >= 15 is 0 Å². The normalized spacial score (nSPS) is 10.9. The van der Waals surface area contributed by atoms with Gasteiger partial charge in [0.2, 0.25) is 5.91 Å². The van der Waals surface area contributed by atoms with E-state index in [0.717, 1.165) is 0 Å². The lowest BCUT2D eigenvalue weighted by molar-refractivity contribution is -0.111. The average Bonchev–Trinajstić information content (AvgIpc) is 2.62. The first-order valence-corrected chi connectivity index (χ1v) is 8.06. The Morgan fingerprint density at radius 1 is 1.26 bits per heavy atom. The number of nitrogens with zero attached hydrogens (tertiary/aromatic N) is 1. The van der Waals surface area contributed by atoms with Crippen molar-refractivity contribution in [2.24, 2.45) is 0 Å². The van der Waals surface area contributed by atoms with Crippen LogP contribution in [0.15, 0.2) is 42.7 Å². The summed E-state index contributed by atoms with van der Waals surface area (Å²) in [6.45, 7) is 0.389. The molecule has 0 spiro atoms. The second kappa shape index (κ2) is 9.42. The molecule has 1 amide bonds. The minimum atomic E-state index is -2.97. The summed E-state index contributed by atoms with van der Waals surface area (Å²) in [6.07, 6.45) is 5.57. The Hall–Kier alpha value is -3.29. The topological polar surface area (TPSA) is 77.5 Å². The second-order valence-electron chi connectivity index (χ2n) is 5.32. The van der Waals surface area contributed by atoms with Crippen molar-refractivity contribution in [3.8, 4) is 11.5 Å². The van der Waals surface area contributed by atoms with Crippen molar-refractivity contribution in [3.05, 3.63) is 53.9 Å². The molecule has 0 aliphatic carbocycles. The molecular formula is C19H18F2N2O4. The van der Waals surface area contributed by atoms with Crippen molar-refractivity contribution < 1.29 is 27.8 Å². The maximum Gasteiger partial charge on any atom is 0.387 e.